The van der Waals surface area contributed by atoms with Crippen molar-refractivity contribution in [2.24, 2.45) is 0 Å². The number of hydrogen-bond donors (Lipinski definition) is 1. The number of para-hydroxylation sites is 2. The van der Waals surface area contributed by atoms with Crippen molar-refractivity contribution >= 4 is 39.4 Å². The third kappa shape index (κ3) is 4.65. The molecule has 144 valence electrons. The molecule has 3 aromatic rings. The van der Waals surface area contributed by atoms with Gasteiger partial charge in [0.1, 0.15) is 24.3 Å². The van der Waals surface area contributed by atoms with Gasteiger partial charge in [-0.3, -0.25) is 0 Å². The highest BCUT2D eigenvalue weighted by Crippen LogP contribution is 2.35. The second-order valence-corrected chi connectivity index (χ2v) is 7.89. The van der Waals surface area contributed by atoms with Crippen LogP contribution in [0, 0.1) is 0 Å². The van der Waals surface area contributed by atoms with Gasteiger partial charge in [-0.1, -0.05) is 40.9 Å². The molecule has 0 saturated heterocycles. The molecule has 1 aliphatic rings. The summed E-state index contributed by atoms with van der Waals surface area (Å²) < 4.78 is 8.95. The number of aliphatic hydroxyl groups is 1. The molecule has 1 fully saturated rings. The Balaban J connectivity index is 0.00000210. The molecule has 1 aliphatic carbocycles. The summed E-state index contributed by atoms with van der Waals surface area (Å²) in [6.07, 6.45) is 4.33. The quantitative estimate of drug-likeness (QED) is 0.552. The lowest BCUT2D eigenvalue weighted by atomic mass is 10.1. The third-order valence-corrected chi connectivity index (χ3v) is 5.58. The lowest BCUT2D eigenvalue weighted by Crippen LogP contribution is -2.25. The van der Waals surface area contributed by atoms with Crippen LogP contribution in [0.2, 0.25) is 0 Å². The first-order chi connectivity index (χ1) is 12.7. The van der Waals surface area contributed by atoms with Gasteiger partial charge < -0.3 is 14.4 Å². The summed E-state index contributed by atoms with van der Waals surface area (Å²) in [5, 5.41) is 10.6. The van der Waals surface area contributed by atoms with Crippen LogP contribution in [0.3, 0.4) is 0 Å². The predicted molar refractivity (Wildman–Crippen MR) is 114 cm³/mol. The highest BCUT2D eigenvalue weighted by Gasteiger charge is 2.24. The van der Waals surface area contributed by atoms with E-state index in [1.165, 1.54) is 25.7 Å². The fraction of sp³-hybridized carbons (Fsp3) is 0.381. The van der Waals surface area contributed by atoms with Gasteiger partial charge in [-0.2, -0.15) is 0 Å². The second kappa shape index (κ2) is 9.09. The molecule has 1 saturated carbocycles. The zero-order chi connectivity index (χ0) is 17.9. The Morgan fingerprint density at radius 1 is 1.11 bits per heavy atom. The molecule has 1 unspecified atom stereocenters. The van der Waals surface area contributed by atoms with E-state index in [0.717, 1.165) is 27.1 Å². The summed E-state index contributed by atoms with van der Waals surface area (Å²) in [5.41, 5.74) is 2.10. The van der Waals surface area contributed by atoms with Gasteiger partial charge in [0.15, 0.2) is 0 Å². The Labute approximate surface area is 174 Å². The molecule has 1 heterocycles. The topological polar surface area (TPSA) is 47.3 Å². The van der Waals surface area contributed by atoms with Crippen molar-refractivity contribution in [3.63, 3.8) is 0 Å². The highest BCUT2D eigenvalue weighted by atomic mass is 79.9. The molecule has 1 atom stereocenters. The van der Waals surface area contributed by atoms with Crippen LogP contribution >= 0.6 is 28.3 Å². The van der Waals surface area contributed by atoms with Gasteiger partial charge in [-0.05, 0) is 49.2 Å². The molecule has 0 amide bonds. The molecular formula is C21H24BrClN2O2. The van der Waals surface area contributed by atoms with Gasteiger partial charge >= 0.3 is 0 Å². The van der Waals surface area contributed by atoms with Crippen molar-refractivity contribution in [3.8, 4) is 5.75 Å². The SMILES string of the molecule is Cl.OC(COc1ccc(Br)cc1)Cn1c(C2CCCC2)nc2ccccc21. The van der Waals surface area contributed by atoms with E-state index in [-0.39, 0.29) is 19.0 Å². The van der Waals surface area contributed by atoms with Gasteiger partial charge in [0.05, 0.1) is 17.6 Å². The van der Waals surface area contributed by atoms with Crippen LogP contribution in [0.1, 0.15) is 37.4 Å². The van der Waals surface area contributed by atoms with Crippen LogP contribution in [0.4, 0.5) is 0 Å². The molecule has 4 rings (SSSR count). The molecule has 0 radical (unpaired) electrons. The largest absolute Gasteiger partial charge is 0.491 e. The van der Waals surface area contributed by atoms with Crippen LogP contribution in [0.15, 0.2) is 53.0 Å². The Morgan fingerprint density at radius 3 is 2.56 bits per heavy atom. The van der Waals surface area contributed by atoms with E-state index in [9.17, 15) is 5.11 Å². The Kier molecular flexibility index (Phi) is 6.79. The van der Waals surface area contributed by atoms with E-state index < -0.39 is 6.10 Å². The summed E-state index contributed by atoms with van der Waals surface area (Å²) in [6.45, 7) is 0.765. The maximum absolute atomic E-state index is 10.6. The number of ether oxygens (including phenoxy) is 1. The van der Waals surface area contributed by atoms with Crippen molar-refractivity contribution in [2.75, 3.05) is 6.61 Å². The maximum atomic E-state index is 10.6. The first-order valence-electron chi connectivity index (χ1n) is 9.22. The van der Waals surface area contributed by atoms with Crippen LogP contribution in [-0.2, 0) is 6.54 Å². The predicted octanol–water partition coefficient (Wildman–Crippen LogP) is 5.32. The monoisotopic (exact) mass is 450 g/mol. The first-order valence-corrected chi connectivity index (χ1v) is 10.0. The number of imidazole rings is 1. The number of nitrogens with zero attached hydrogens (tertiary/aromatic N) is 2. The average molecular weight is 452 g/mol. The minimum Gasteiger partial charge on any atom is -0.491 e. The second-order valence-electron chi connectivity index (χ2n) is 6.97. The number of hydrogen-bond acceptors (Lipinski definition) is 3. The zero-order valence-electron chi connectivity index (χ0n) is 15.1. The highest BCUT2D eigenvalue weighted by molar-refractivity contribution is 9.10. The van der Waals surface area contributed by atoms with Gasteiger partial charge in [-0.15, -0.1) is 12.4 Å². The average Bonchev–Trinajstić information content (AvgIpc) is 3.30. The number of halogens is 2. The van der Waals surface area contributed by atoms with Crippen LogP contribution in [0.25, 0.3) is 11.0 Å². The normalized spacial score (nSPS) is 15.6. The lowest BCUT2D eigenvalue weighted by Gasteiger charge is -2.18. The Hall–Kier alpha value is -1.56. The summed E-state index contributed by atoms with van der Waals surface area (Å²) in [4.78, 5) is 4.88. The van der Waals surface area contributed by atoms with E-state index in [1.807, 2.05) is 36.4 Å². The fourth-order valence-corrected chi connectivity index (χ4v) is 4.03. The molecule has 2 aromatic carbocycles. The number of aromatic nitrogens is 2. The number of benzene rings is 2. The number of fused-ring (bicyclic) bond motifs is 1. The van der Waals surface area contributed by atoms with Gasteiger partial charge in [0, 0.05) is 10.4 Å². The number of rotatable bonds is 6. The Bertz CT molecular complexity index is 876. The summed E-state index contributed by atoms with van der Waals surface area (Å²) >= 11 is 3.41. The maximum Gasteiger partial charge on any atom is 0.119 e. The number of aliphatic hydroxyl groups excluding tert-OH is 1. The van der Waals surface area contributed by atoms with Crippen LogP contribution in [0.5, 0.6) is 5.75 Å². The van der Waals surface area contributed by atoms with E-state index in [2.05, 4.69) is 32.6 Å². The molecule has 4 nitrogen and oxygen atoms in total. The van der Waals surface area contributed by atoms with Gasteiger partial charge in [-0.25, -0.2) is 4.98 Å². The van der Waals surface area contributed by atoms with Gasteiger partial charge in [0.2, 0.25) is 0 Å². The van der Waals surface area contributed by atoms with Crippen molar-refractivity contribution in [2.45, 2.75) is 44.2 Å². The molecule has 27 heavy (non-hydrogen) atoms. The molecular weight excluding hydrogens is 428 g/mol. The van der Waals surface area contributed by atoms with Crippen molar-refractivity contribution in [1.29, 1.82) is 0 Å². The zero-order valence-corrected chi connectivity index (χ0v) is 17.5. The molecule has 1 aromatic heterocycles. The smallest absolute Gasteiger partial charge is 0.119 e. The molecule has 1 N–H and O–H groups in total. The van der Waals surface area contributed by atoms with E-state index in [1.54, 1.807) is 0 Å². The van der Waals surface area contributed by atoms with E-state index in [4.69, 9.17) is 9.72 Å². The lowest BCUT2D eigenvalue weighted by molar-refractivity contribution is 0.0924. The van der Waals surface area contributed by atoms with E-state index >= 15 is 0 Å². The molecule has 0 spiro atoms. The summed E-state index contributed by atoms with van der Waals surface area (Å²) in [7, 11) is 0. The van der Waals surface area contributed by atoms with Crippen molar-refractivity contribution in [1.82, 2.24) is 9.55 Å². The molecule has 0 bridgehead atoms. The summed E-state index contributed by atoms with van der Waals surface area (Å²) in [6, 6.07) is 15.8. The molecule has 0 aliphatic heterocycles. The van der Waals surface area contributed by atoms with Gasteiger partial charge in [0.25, 0.3) is 0 Å². The van der Waals surface area contributed by atoms with Crippen LogP contribution < -0.4 is 4.74 Å². The van der Waals surface area contributed by atoms with Crippen molar-refractivity contribution < 1.29 is 9.84 Å². The minimum atomic E-state index is -0.587. The minimum absolute atomic E-state index is 0. The van der Waals surface area contributed by atoms with Crippen molar-refractivity contribution in [3.05, 3.63) is 58.8 Å². The standard InChI is InChI=1S/C21H23BrN2O2.ClH/c22-16-9-11-18(12-10-16)26-14-17(25)13-24-20-8-4-3-7-19(20)23-21(24)15-5-1-2-6-15;/h3-4,7-12,15,17,25H,1-2,5-6,13-14H2;1H. The third-order valence-electron chi connectivity index (χ3n) is 5.05. The first kappa shape index (κ1) is 20.2. The van der Waals surface area contributed by atoms with E-state index in [0.29, 0.717) is 12.5 Å². The Morgan fingerprint density at radius 2 is 1.81 bits per heavy atom. The fourth-order valence-electron chi connectivity index (χ4n) is 3.77. The molecule has 6 heteroatoms. The van der Waals surface area contributed by atoms with Crippen LogP contribution in [-0.4, -0.2) is 27.4 Å². The summed E-state index contributed by atoms with van der Waals surface area (Å²) in [5.74, 6) is 2.38.